The predicted octanol–water partition coefficient (Wildman–Crippen LogP) is 6.00. The van der Waals surface area contributed by atoms with Crippen molar-refractivity contribution >= 4 is 63.9 Å². The standard InChI is InChI=1S/C21H15Cl2N3O4S/c1-12-17(3-2-4-18(12)26(28)29)24-21(31)25-20(27)8-6-16-5-7-19(30-16)13-9-14(22)11-15(23)10-13/h2-11H,1H3,(H2,24,25,27,31)/b8-6+. The van der Waals surface area contributed by atoms with Crippen molar-refractivity contribution in [2.45, 2.75) is 6.92 Å². The monoisotopic (exact) mass is 475 g/mol. The molecule has 0 atom stereocenters. The number of thiocarbonyl (C=S) groups is 1. The number of carbonyl (C=O) groups excluding carboxylic acids is 1. The Hall–Kier alpha value is -3.20. The minimum absolute atomic E-state index is 0.00644. The third-order valence-corrected chi connectivity index (χ3v) is 4.80. The molecule has 0 saturated heterocycles. The molecule has 1 amide bonds. The summed E-state index contributed by atoms with van der Waals surface area (Å²) >= 11 is 17.1. The Kier molecular flexibility index (Phi) is 7.06. The summed E-state index contributed by atoms with van der Waals surface area (Å²) in [5.41, 5.74) is 1.50. The third-order valence-electron chi connectivity index (χ3n) is 4.16. The van der Waals surface area contributed by atoms with Crippen molar-refractivity contribution in [2.24, 2.45) is 0 Å². The number of anilines is 1. The van der Waals surface area contributed by atoms with Gasteiger partial charge >= 0.3 is 0 Å². The van der Waals surface area contributed by atoms with Gasteiger partial charge in [0.05, 0.1) is 16.2 Å². The van der Waals surface area contributed by atoms with E-state index in [4.69, 9.17) is 39.8 Å². The van der Waals surface area contributed by atoms with Gasteiger partial charge in [-0.2, -0.15) is 0 Å². The van der Waals surface area contributed by atoms with E-state index in [-0.39, 0.29) is 10.8 Å². The minimum atomic E-state index is -0.496. The van der Waals surface area contributed by atoms with Crippen LogP contribution in [0, 0.1) is 17.0 Å². The van der Waals surface area contributed by atoms with E-state index in [1.807, 2.05) is 0 Å². The summed E-state index contributed by atoms with van der Waals surface area (Å²) < 4.78 is 5.69. The number of nitrogens with zero attached hydrogens (tertiary/aromatic N) is 1. The molecule has 3 rings (SSSR count). The summed E-state index contributed by atoms with van der Waals surface area (Å²) in [6.07, 6.45) is 2.73. The van der Waals surface area contributed by atoms with Crippen LogP contribution in [0.15, 0.2) is 59.0 Å². The van der Waals surface area contributed by atoms with E-state index >= 15 is 0 Å². The number of nitrogens with one attached hydrogen (secondary N) is 2. The number of rotatable bonds is 5. The highest BCUT2D eigenvalue weighted by Gasteiger charge is 2.14. The van der Waals surface area contributed by atoms with Crippen molar-refractivity contribution < 1.29 is 14.1 Å². The molecule has 0 saturated carbocycles. The molecule has 7 nitrogen and oxygen atoms in total. The number of nitro groups is 1. The second-order valence-electron chi connectivity index (χ2n) is 6.34. The first-order valence-corrected chi connectivity index (χ1v) is 9.99. The van der Waals surface area contributed by atoms with Gasteiger partial charge in [-0.15, -0.1) is 0 Å². The van der Waals surface area contributed by atoms with E-state index in [0.29, 0.717) is 38.4 Å². The Morgan fingerprint density at radius 2 is 1.87 bits per heavy atom. The largest absolute Gasteiger partial charge is 0.457 e. The van der Waals surface area contributed by atoms with E-state index in [9.17, 15) is 14.9 Å². The number of nitro benzene ring substituents is 1. The quantitative estimate of drug-likeness (QED) is 0.203. The maximum atomic E-state index is 12.1. The van der Waals surface area contributed by atoms with Crippen LogP contribution in [0.1, 0.15) is 11.3 Å². The first-order chi connectivity index (χ1) is 14.7. The molecule has 31 heavy (non-hydrogen) atoms. The normalized spacial score (nSPS) is 10.8. The molecule has 158 valence electrons. The third kappa shape index (κ3) is 5.91. The van der Waals surface area contributed by atoms with Gasteiger partial charge in [0.15, 0.2) is 5.11 Å². The van der Waals surface area contributed by atoms with Crippen LogP contribution in [-0.4, -0.2) is 15.9 Å². The van der Waals surface area contributed by atoms with Gasteiger partial charge in [-0.1, -0.05) is 29.3 Å². The molecular formula is C21H15Cl2N3O4S. The van der Waals surface area contributed by atoms with Gasteiger partial charge < -0.3 is 9.73 Å². The molecule has 0 aliphatic rings. The summed E-state index contributed by atoms with van der Waals surface area (Å²) in [6.45, 7) is 1.59. The molecule has 3 aromatic rings. The van der Waals surface area contributed by atoms with Crippen molar-refractivity contribution in [3.63, 3.8) is 0 Å². The van der Waals surface area contributed by atoms with Gasteiger partial charge in [-0.25, -0.2) is 0 Å². The maximum Gasteiger partial charge on any atom is 0.274 e. The average Bonchev–Trinajstić information content (AvgIpc) is 3.16. The summed E-state index contributed by atoms with van der Waals surface area (Å²) in [5.74, 6) is 0.488. The molecule has 1 heterocycles. The Balaban J connectivity index is 1.62. The molecule has 0 unspecified atom stereocenters. The molecule has 1 aromatic heterocycles. The van der Waals surface area contributed by atoms with E-state index in [2.05, 4.69) is 10.6 Å². The fraction of sp³-hybridized carbons (Fsp3) is 0.0476. The lowest BCUT2D eigenvalue weighted by atomic mass is 10.1. The molecule has 0 spiro atoms. The second-order valence-corrected chi connectivity index (χ2v) is 7.62. The Bertz CT molecular complexity index is 1190. The zero-order chi connectivity index (χ0) is 22.5. The lowest BCUT2D eigenvalue weighted by Crippen LogP contribution is -2.33. The van der Waals surface area contributed by atoms with Crippen LogP contribution in [0.2, 0.25) is 10.0 Å². The Labute approximate surface area is 192 Å². The molecule has 0 aliphatic carbocycles. The van der Waals surface area contributed by atoms with Crippen molar-refractivity contribution in [3.8, 4) is 11.3 Å². The number of carbonyl (C=O) groups is 1. The summed E-state index contributed by atoms with van der Waals surface area (Å²) in [6, 6.07) is 13.0. The van der Waals surface area contributed by atoms with E-state index in [1.54, 1.807) is 43.3 Å². The van der Waals surface area contributed by atoms with Crippen molar-refractivity contribution in [1.29, 1.82) is 0 Å². The van der Waals surface area contributed by atoms with Crippen LogP contribution < -0.4 is 10.6 Å². The topological polar surface area (TPSA) is 97.4 Å². The Morgan fingerprint density at radius 1 is 1.16 bits per heavy atom. The van der Waals surface area contributed by atoms with Gasteiger partial charge in [0.1, 0.15) is 11.5 Å². The predicted molar refractivity (Wildman–Crippen MR) is 125 cm³/mol. The SMILES string of the molecule is Cc1c(NC(=S)NC(=O)/C=C/c2ccc(-c3cc(Cl)cc(Cl)c3)o2)cccc1[N+](=O)[O-]. The van der Waals surface area contributed by atoms with Gasteiger partial charge in [0.2, 0.25) is 5.91 Å². The summed E-state index contributed by atoms with van der Waals surface area (Å²) in [5, 5.41) is 17.3. The smallest absolute Gasteiger partial charge is 0.274 e. The van der Waals surface area contributed by atoms with Gasteiger partial charge in [0.25, 0.3) is 5.69 Å². The van der Waals surface area contributed by atoms with Crippen LogP contribution in [0.25, 0.3) is 17.4 Å². The highest BCUT2D eigenvalue weighted by molar-refractivity contribution is 7.80. The number of halogens is 2. The zero-order valence-corrected chi connectivity index (χ0v) is 18.3. The number of benzene rings is 2. The molecule has 0 aliphatic heterocycles. The lowest BCUT2D eigenvalue weighted by Gasteiger charge is -2.10. The van der Waals surface area contributed by atoms with Crippen LogP contribution in [0.5, 0.6) is 0 Å². The number of hydrogen-bond donors (Lipinski definition) is 2. The molecule has 0 bridgehead atoms. The molecule has 2 N–H and O–H groups in total. The van der Waals surface area contributed by atoms with Crippen LogP contribution in [0.4, 0.5) is 11.4 Å². The van der Waals surface area contributed by atoms with Crippen molar-refractivity contribution in [3.05, 3.63) is 86.1 Å². The number of furan rings is 1. The van der Waals surface area contributed by atoms with Crippen LogP contribution >= 0.6 is 35.4 Å². The highest BCUT2D eigenvalue weighted by atomic mass is 35.5. The molecule has 10 heteroatoms. The first-order valence-electron chi connectivity index (χ1n) is 8.83. The minimum Gasteiger partial charge on any atom is -0.457 e. The Morgan fingerprint density at radius 3 is 2.55 bits per heavy atom. The van der Waals surface area contributed by atoms with Crippen molar-refractivity contribution in [2.75, 3.05) is 5.32 Å². The zero-order valence-electron chi connectivity index (χ0n) is 16.0. The van der Waals surface area contributed by atoms with Gasteiger partial charge in [0, 0.05) is 27.8 Å². The fourth-order valence-corrected chi connectivity index (χ4v) is 3.45. The number of hydrogen-bond acceptors (Lipinski definition) is 5. The fourth-order valence-electron chi connectivity index (χ4n) is 2.72. The summed E-state index contributed by atoms with van der Waals surface area (Å²) in [4.78, 5) is 22.7. The number of amides is 1. The van der Waals surface area contributed by atoms with Gasteiger partial charge in [-0.05, 0) is 61.6 Å². The molecule has 2 aromatic carbocycles. The average molecular weight is 476 g/mol. The van der Waals surface area contributed by atoms with E-state index in [0.717, 1.165) is 0 Å². The van der Waals surface area contributed by atoms with E-state index < -0.39 is 10.8 Å². The van der Waals surface area contributed by atoms with Gasteiger partial charge in [-0.3, -0.25) is 20.2 Å². The van der Waals surface area contributed by atoms with E-state index in [1.165, 1.54) is 24.3 Å². The highest BCUT2D eigenvalue weighted by Crippen LogP contribution is 2.29. The summed E-state index contributed by atoms with van der Waals surface area (Å²) in [7, 11) is 0. The molecule has 0 fully saturated rings. The molecule has 0 radical (unpaired) electrons. The first kappa shape index (κ1) is 22.5. The molecular weight excluding hydrogens is 461 g/mol. The lowest BCUT2D eigenvalue weighted by molar-refractivity contribution is -0.385. The second kappa shape index (κ2) is 9.74. The van der Waals surface area contributed by atoms with Crippen LogP contribution in [-0.2, 0) is 4.79 Å². The van der Waals surface area contributed by atoms with Crippen LogP contribution in [0.3, 0.4) is 0 Å². The van der Waals surface area contributed by atoms with Crippen molar-refractivity contribution in [1.82, 2.24) is 5.32 Å². The maximum absolute atomic E-state index is 12.1.